The second kappa shape index (κ2) is 20.0. The van der Waals surface area contributed by atoms with Gasteiger partial charge in [-0.05, 0) is 59.7 Å². The van der Waals surface area contributed by atoms with E-state index in [4.69, 9.17) is 9.97 Å². The van der Waals surface area contributed by atoms with Gasteiger partial charge in [-0.1, -0.05) is 129 Å². The normalized spacial score (nSPS) is 11.8. The number of thiophene rings is 2. The molecule has 0 unspecified atom stereocenters. The number of rotatable bonds is 24. The quantitative estimate of drug-likeness (QED) is 0.0711. The molecule has 0 atom stereocenters. The van der Waals surface area contributed by atoms with Crippen LogP contribution in [-0.4, -0.2) is 9.97 Å². The van der Waals surface area contributed by atoms with Crippen molar-refractivity contribution in [2.45, 2.75) is 155 Å². The van der Waals surface area contributed by atoms with Gasteiger partial charge in [-0.3, -0.25) is 0 Å². The van der Waals surface area contributed by atoms with Crippen LogP contribution < -0.4 is 0 Å². The highest BCUT2D eigenvalue weighted by molar-refractivity contribution is 7.41. The zero-order valence-corrected chi connectivity index (χ0v) is 29.7. The fraction of sp³-hybridized carbons (Fsp3) is 0.667. The van der Waals surface area contributed by atoms with Crippen LogP contribution in [-0.2, 0) is 12.8 Å². The Morgan fingerprint density at radius 2 is 0.833 bits per heavy atom. The molecule has 0 aromatic carbocycles. The van der Waals surface area contributed by atoms with Gasteiger partial charge in [0.2, 0.25) is 0 Å². The minimum Gasteiger partial charge on any atom is -0.215 e. The Balaban J connectivity index is 1.19. The standard InChI is InChI=1S/C36H54N2S4/c1-3-5-7-9-11-13-15-17-19-21-23-29-25-27-39-31(29)34-37-33-36(41-34)42-35(38-33)32-30(26-28-40-32)24-22-20-18-16-14-12-10-8-6-4-2/h25-28H,3-24H2,1-2H3. The average molecular weight is 643 g/mol. The molecule has 4 aromatic heterocycles. The number of hydrogen-bond acceptors (Lipinski definition) is 6. The minimum atomic E-state index is 0.951. The van der Waals surface area contributed by atoms with Crippen LogP contribution in [0.25, 0.3) is 29.4 Å². The molecule has 4 rings (SSSR count). The molecule has 0 amide bonds. The van der Waals surface area contributed by atoms with Crippen LogP contribution in [0.2, 0.25) is 0 Å². The predicted octanol–water partition coefficient (Wildman–Crippen LogP) is 14.1. The summed E-state index contributed by atoms with van der Waals surface area (Å²) in [5.74, 6) is 0. The van der Waals surface area contributed by atoms with Crippen molar-refractivity contribution >= 4 is 55.0 Å². The number of hydrogen-bond donors (Lipinski definition) is 0. The van der Waals surface area contributed by atoms with Gasteiger partial charge in [-0.2, -0.15) is 0 Å². The van der Waals surface area contributed by atoms with Gasteiger partial charge in [-0.25, -0.2) is 9.97 Å². The largest absolute Gasteiger partial charge is 0.215 e. The van der Waals surface area contributed by atoms with Crippen LogP contribution in [0.15, 0.2) is 22.9 Å². The van der Waals surface area contributed by atoms with Gasteiger partial charge in [0, 0.05) is 0 Å². The number of unbranched alkanes of at least 4 members (excludes halogenated alkanes) is 18. The third-order valence-electron chi connectivity index (χ3n) is 8.46. The number of aryl methyl sites for hydroxylation is 2. The van der Waals surface area contributed by atoms with Gasteiger partial charge in [-0.15, -0.1) is 45.3 Å². The summed E-state index contributed by atoms with van der Waals surface area (Å²) in [6.45, 7) is 4.59. The van der Waals surface area contributed by atoms with Crippen molar-refractivity contribution in [1.82, 2.24) is 9.97 Å². The maximum absolute atomic E-state index is 5.04. The van der Waals surface area contributed by atoms with Crippen LogP contribution >= 0.6 is 45.3 Å². The fourth-order valence-corrected chi connectivity index (χ4v) is 10.2. The van der Waals surface area contributed by atoms with Crippen molar-refractivity contribution in [2.24, 2.45) is 0 Å². The molecule has 6 heteroatoms. The maximum Gasteiger partial charge on any atom is 0.182 e. The first-order valence-electron chi connectivity index (χ1n) is 17.2. The smallest absolute Gasteiger partial charge is 0.182 e. The first-order valence-corrected chi connectivity index (χ1v) is 20.6. The van der Waals surface area contributed by atoms with Gasteiger partial charge in [0.05, 0.1) is 9.75 Å². The van der Waals surface area contributed by atoms with E-state index in [0.717, 1.165) is 5.65 Å². The van der Waals surface area contributed by atoms with E-state index in [2.05, 4.69) is 36.7 Å². The Morgan fingerprint density at radius 1 is 0.476 bits per heavy atom. The Hall–Kier alpha value is -1.08. The molecule has 0 N–H and O–H groups in total. The maximum atomic E-state index is 5.04. The van der Waals surface area contributed by atoms with E-state index in [1.807, 2.05) is 45.3 Å². The zero-order chi connectivity index (χ0) is 29.2. The Bertz CT molecular complexity index is 1120. The first-order chi connectivity index (χ1) is 20.8. The summed E-state index contributed by atoms with van der Waals surface area (Å²) in [7, 11) is 0. The molecule has 0 spiro atoms. The molecule has 4 aromatic rings. The average Bonchev–Trinajstić information content (AvgIpc) is 3.79. The number of aromatic nitrogens is 2. The van der Waals surface area contributed by atoms with Crippen LogP contribution in [0.3, 0.4) is 0 Å². The van der Waals surface area contributed by atoms with E-state index >= 15 is 0 Å². The summed E-state index contributed by atoms with van der Waals surface area (Å²) in [5, 5.41) is 6.84. The SMILES string of the molecule is CCCCCCCCCCCCc1ccsc1-c1nc2nc(-c3sccc3CCCCCCCCCCCC)sc2s1. The topological polar surface area (TPSA) is 25.8 Å². The molecular formula is C36H54N2S4. The molecule has 0 saturated carbocycles. The third-order valence-corrected chi connectivity index (χ3v) is 12.9. The summed E-state index contributed by atoms with van der Waals surface area (Å²) in [5.41, 5.74) is 3.92. The van der Waals surface area contributed by atoms with E-state index in [-0.39, 0.29) is 0 Å². The van der Waals surface area contributed by atoms with E-state index in [1.54, 1.807) is 0 Å². The predicted molar refractivity (Wildman–Crippen MR) is 193 cm³/mol. The lowest BCUT2D eigenvalue weighted by molar-refractivity contribution is 0.556. The van der Waals surface area contributed by atoms with Gasteiger partial charge in [0.15, 0.2) is 5.65 Å². The molecular weight excluding hydrogens is 589 g/mol. The molecule has 0 bridgehead atoms. The molecule has 0 aliphatic carbocycles. The van der Waals surface area contributed by atoms with Crippen molar-refractivity contribution in [1.29, 1.82) is 0 Å². The molecule has 0 aliphatic heterocycles. The first kappa shape index (κ1) is 33.8. The molecule has 232 valence electrons. The number of thiazole rings is 2. The lowest BCUT2D eigenvalue weighted by Gasteiger charge is -2.04. The highest BCUT2D eigenvalue weighted by Crippen LogP contribution is 2.42. The Kier molecular flexibility index (Phi) is 16.1. The van der Waals surface area contributed by atoms with Crippen molar-refractivity contribution < 1.29 is 0 Å². The molecule has 0 radical (unpaired) electrons. The summed E-state index contributed by atoms with van der Waals surface area (Å²) in [6, 6.07) is 4.65. The highest BCUT2D eigenvalue weighted by atomic mass is 32.2. The Labute approximate surface area is 272 Å². The summed E-state index contributed by atoms with van der Waals surface area (Å²) in [4.78, 5) is 12.8. The van der Waals surface area contributed by atoms with Crippen LogP contribution in [0.4, 0.5) is 0 Å². The molecule has 0 fully saturated rings. The highest BCUT2D eigenvalue weighted by Gasteiger charge is 2.18. The van der Waals surface area contributed by atoms with Crippen LogP contribution in [0.5, 0.6) is 0 Å². The summed E-state index contributed by atoms with van der Waals surface area (Å²) in [6.07, 6.45) is 30.2. The zero-order valence-electron chi connectivity index (χ0n) is 26.4. The second-order valence-corrected chi connectivity index (χ2v) is 16.2. The van der Waals surface area contributed by atoms with Crippen molar-refractivity contribution in [2.75, 3.05) is 0 Å². The molecule has 0 aliphatic rings. The van der Waals surface area contributed by atoms with E-state index in [0.29, 0.717) is 0 Å². The van der Waals surface area contributed by atoms with Gasteiger partial charge in [0.25, 0.3) is 0 Å². The lowest BCUT2D eigenvalue weighted by atomic mass is 10.0. The van der Waals surface area contributed by atoms with E-state index in [1.165, 1.54) is 176 Å². The molecule has 2 nitrogen and oxygen atoms in total. The van der Waals surface area contributed by atoms with Crippen LogP contribution in [0.1, 0.15) is 153 Å². The number of nitrogens with zero attached hydrogens (tertiary/aromatic N) is 2. The molecule has 0 saturated heterocycles. The van der Waals surface area contributed by atoms with Crippen molar-refractivity contribution in [3.8, 4) is 19.8 Å². The fourth-order valence-electron chi connectivity index (χ4n) is 5.88. The third kappa shape index (κ3) is 11.1. The monoisotopic (exact) mass is 642 g/mol. The second-order valence-electron chi connectivity index (χ2n) is 12.1. The lowest BCUT2D eigenvalue weighted by Crippen LogP contribution is -1.88. The van der Waals surface area contributed by atoms with E-state index in [9.17, 15) is 0 Å². The summed E-state index contributed by atoms with van der Waals surface area (Å²) < 4.78 is 1.27. The van der Waals surface area contributed by atoms with Gasteiger partial charge in [0.1, 0.15) is 14.0 Å². The van der Waals surface area contributed by atoms with Crippen molar-refractivity contribution in [3.05, 3.63) is 34.0 Å². The Morgan fingerprint density at radius 3 is 1.19 bits per heavy atom. The van der Waals surface area contributed by atoms with Crippen molar-refractivity contribution in [3.63, 3.8) is 0 Å². The number of fused-ring (bicyclic) bond motifs is 1. The summed E-state index contributed by atoms with van der Waals surface area (Å²) >= 11 is 7.40. The van der Waals surface area contributed by atoms with Gasteiger partial charge < -0.3 is 0 Å². The minimum absolute atomic E-state index is 0.951. The molecule has 4 heterocycles. The van der Waals surface area contributed by atoms with Crippen LogP contribution in [0, 0.1) is 0 Å². The molecule has 42 heavy (non-hydrogen) atoms. The van der Waals surface area contributed by atoms with E-state index < -0.39 is 0 Å². The van der Waals surface area contributed by atoms with Gasteiger partial charge >= 0.3 is 0 Å².